The molecule has 0 aromatic heterocycles. The first-order valence-corrected chi connectivity index (χ1v) is 7.49. The summed E-state index contributed by atoms with van der Waals surface area (Å²) in [5, 5.41) is 0. The summed E-state index contributed by atoms with van der Waals surface area (Å²) in [6.07, 6.45) is 0.347. The molecule has 1 aliphatic rings. The predicted octanol–water partition coefficient (Wildman–Crippen LogP) is 4.36. The highest BCUT2D eigenvalue weighted by Crippen LogP contribution is 2.34. The molecule has 2 atom stereocenters. The standard InChI is InChI=1S/C18H20O4/c1-3-18(2)19-13-17(22-18)21-16-12-8-7-11-15(16)20-14-9-5-4-6-10-14/h4-12,17H,3,13H2,1-2H3. The van der Waals surface area contributed by atoms with Crippen molar-refractivity contribution in [3.8, 4) is 17.2 Å². The van der Waals surface area contributed by atoms with E-state index in [1.165, 1.54) is 0 Å². The molecule has 0 N–H and O–H groups in total. The molecular formula is C18H20O4. The largest absolute Gasteiger partial charge is 0.458 e. The van der Waals surface area contributed by atoms with Crippen LogP contribution in [0, 0.1) is 0 Å². The first-order chi connectivity index (χ1) is 10.7. The lowest BCUT2D eigenvalue weighted by Gasteiger charge is -2.21. The predicted molar refractivity (Wildman–Crippen MR) is 83.1 cm³/mol. The van der Waals surface area contributed by atoms with E-state index in [0.717, 1.165) is 12.2 Å². The van der Waals surface area contributed by atoms with E-state index in [4.69, 9.17) is 18.9 Å². The lowest BCUT2D eigenvalue weighted by molar-refractivity contribution is -0.181. The minimum atomic E-state index is -0.570. The highest BCUT2D eigenvalue weighted by atomic mass is 16.8. The van der Waals surface area contributed by atoms with Gasteiger partial charge in [-0.2, -0.15) is 0 Å². The van der Waals surface area contributed by atoms with Gasteiger partial charge in [0.1, 0.15) is 12.4 Å². The first kappa shape index (κ1) is 14.9. The van der Waals surface area contributed by atoms with Crippen LogP contribution in [-0.2, 0) is 9.47 Å². The number of hydrogen-bond donors (Lipinski definition) is 0. The Morgan fingerprint density at radius 2 is 1.73 bits per heavy atom. The van der Waals surface area contributed by atoms with Crippen LogP contribution >= 0.6 is 0 Å². The molecule has 1 heterocycles. The average molecular weight is 300 g/mol. The van der Waals surface area contributed by atoms with Gasteiger partial charge >= 0.3 is 0 Å². The second-order valence-electron chi connectivity index (χ2n) is 5.33. The Bertz CT molecular complexity index is 613. The highest BCUT2D eigenvalue weighted by Gasteiger charge is 2.37. The quantitative estimate of drug-likeness (QED) is 0.822. The molecule has 0 spiro atoms. The summed E-state index contributed by atoms with van der Waals surface area (Å²) in [6.45, 7) is 4.35. The average Bonchev–Trinajstić information content (AvgIpc) is 2.92. The third kappa shape index (κ3) is 3.40. The van der Waals surface area contributed by atoms with Crippen LogP contribution in [-0.4, -0.2) is 18.7 Å². The van der Waals surface area contributed by atoms with E-state index in [2.05, 4.69) is 0 Å². The minimum absolute atomic E-state index is 0.407. The molecule has 3 rings (SSSR count). The summed E-state index contributed by atoms with van der Waals surface area (Å²) in [5.74, 6) is 1.49. The van der Waals surface area contributed by atoms with Gasteiger partial charge in [-0.15, -0.1) is 0 Å². The molecule has 0 saturated carbocycles. The highest BCUT2D eigenvalue weighted by molar-refractivity contribution is 5.42. The number of rotatable bonds is 5. The van der Waals surface area contributed by atoms with E-state index in [1.54, 1.807) is 0 Å². The Labute approximate surface area is 130 Å². The van der Waals surface area contributed by atoms with Crippen molar-refractivity contribution in [2.75, 3.05) is 6.61 Å². The van der Waals surface area contributed by atoms with Crippen molar-refractivity contribution in [3.63, 3.8) is 0 Å². The second kappa shape index (κ2) is 6.38. The van der Waals surface area contributed by atoms with Crippen LogP contribution in [0.3, 0.4) is 0 Å². The van der Waals surface area contributed by atoms with E-state index in [1.807, 2.05) is 68.4 Å². The third-order valence-electron chi connectivity index (χ3n) is 3.63. The summed E-state index contributed by atoms with van der Waals surface area (Å²) in [6, 6.07) is 17.2. The van der Waals surface area contributed by atoms with Gasteiger partial charge in [0, 0.05) is 0 Å². The van der Waals surface area contributed by atoms with Gasteiger partial charge in [-0.1, -0.05) is 37.3 Å². The normalized spacial score (nSPS) is 24.2. The molecule has 2 aromatic rings. The van der Waals surface area contributed by atoms with Crippen LogP contribution in [0.25, 0.3) is 0 Å². The molecule has 2 aromatic carbocycles. The summed E-state index contributed by atoms with van der Waals surface area (Å²) in [4.78, 5) is 0. The molecule has 22 heavy (non-hydrogen) atoms. The summed E-state index contributed by atoms with van der Waals surface area (Å²) in [7, 11) is 0. The van der Waals surface area contributed by atoms with Gasteiger partial charge in [0.15, 0.2) is 17.3 Å². The zero-order valence-electron chi connectivity index (χ0n) is 12.8. The van der Waals surface area contributed by atoms with Crippen LogP contribution < -0.4 is 9.47 Å². The van der Waals surface area contributed by atoms with Gasteiger partial charge in [-0.3, -0.25) is 0 Å². The summed E-state index contributed by atoms with van der Waals surface area (Å²) in [5.41, 5.74) is 0. The fraction of sp³-hybridized carbons (Fsp3) is 0.333. The lowest BCUT2D eigenvalue weighted by atomic mass is 10.2. The monoisotopic (exact) mass is 300 g/mol. The van der Waals surface area contributed by atoms with E-state index in [9.17, 15) is 0 Å². The van der Waals surface area contributed by atoms with Gasteiger partial charge in [0.25, 0.3) is 0 Å². The van der Waals surface area contributed by atoms with Crippen molar-refractivity contribution >= 4 is 0 Å². The Morgan fingerprint density at radius 3 is 2.41 bits per heavy atom. The van der Waals surface area contributed by atoms with E-state index in [-0.39, 0.29) is 0 Å². The van der Waals surface area contributed by atoms with Crippen LogP contribution in [0.15, 0.2) is 54.6 Å². The summed E-state index contributed by atoms with van der Waals surface area (Å²) >= 11 is 0. The van der Waals surface area contributed by atoms with Crippen molar-refractivity contribution in [1.82, 2.24) is 0 Å². The number of para-hydroxylation sites is 3. The van der Waals surface area contributed by atoms with Gasteiger partial charge in [-0.25, -0.2) is 0 Å². The van der Waals surface area contributed by atoms with Crippen LogP contribution in [0.1, 0.15) is 20.3 Å². The van der Waals surface area contributed by atoms with Crippen LogP contribution in [0.2, 0.25) is 0 Å². The molecule has 0 aliphatic carbocycles. The number of benzene rings is 2. The maximum absolute atomic E-state index is 5.90. The van der Waals surface area contributed by atoms with Crippen LogP contribution in [0.5, 0.6) is 17.2 Å². The fourth-order valence-corrected chi connectivity index (χ4v) is 2.22. The molecule has 0 radical (unpaired) electrons. The van der Waals surface area contributed by atoms with Crippen molar-refractivity contribution in [1.29, 1.82) is 0 Å². The molecule has 2 unspecified atom stereocenters. The third-order valence-corrected chi connectivity index (χ3v) is 3.63. The van der Waals surface area contributed by atoms with E-state index < -0.39 is 12.1 Å². The van der Waals surface area contributed by atoms with Crippen LogP contribution in [0.4, 0.5) is 0 Å². The smallest absolute Gasteiger partial charge is 0.226 e. The van der Waals surface area contributed by atoms with E-state index >= 15 is 0 Å². The Morgan fingerprint density at radius 1 is 1.05 bits per heavy atom. The first-order valence-electron chi connectivity index (χ1n) is 7.49. The van der Waals surface area contributed by atoms with Gasteiger partial charge in [0.05, 0.1) is 0 Å². The molecular weight excluding hydrogens is 280 g/mol. The Kier molecular flexibility index (Phi) is 4.32. The van der Waals surface area contributed by atoms with E-state index in [0.29, 0.717) is 18.1 Å². The zero-order chi connectivity index (χ0) is 15.4. The van der Waals surface area contributed by atoms with Gasteiger partial charge in [-0.05, 0) is 37.6 Å². The Hall–Kier alpha value is -2.04. The zero-order valence-corrected chi connectivity index (χ0v) is 12.8. The van der Waals surface area contributed by atoms with Crippen molar-refractivity contribution in [3.05, 3.63) is 54.6 Å². The molecule has 1 saturated heterocycles. The molecule has 1 aliphatic heterocycles. The van der Waals surface area contributed by atoms with Gasteiger partial charge < -0.3 is 18.9 Å². The summed E-state index contributed by atoms with van der Waals surface area (Å²) < 4.78 is 23.2. The van der Waals surface area contributed by atoms with Crippen molar-refractivity contribution < 1.29 is 18.9 Å². The topological polar surface area (TPSA) is 36.9 Å². The number of hydrogen-bond acceptors (Lipinski definition) is 4. The molecule has 0 bridgehead atoms. The molecule has 1 fully saturated rings. The fourth-order valence-electron chi connectivity index (χ4n) is 2.22. The Balaban J connectivity index is 1.72. The maximum atomic E-state index is 5.90. The number of ether oxygens (including phenoxy) is 4. The SMILES string of the molecule is CCC1(C)OCC(Oc2ccccc2Oc2ccccc2)O1. The lowest BCUT2D eigenvalue weighted by Crippen LogP contribution is -2.27. The molecule has 4 heteroatoms. The van der Waals surface area contributed by atoms with Gasteiger partial charge in [0.2, 0.25) is 6.29 Å². The minimum Gasteiger partial charge on any atom is -0.458 e. The maximum Gasteiger partial charge on any atom is 0.226 e. The molecule has 4 nitrogen and oxygen atoms in total. The second-order valence-corrected chi connectivity index (χ2v) is 5.33. The van der Waals surface area contributed by atoms with Crippen molar-refractivity contribution in [2.45, 2.75) is 32.3 Å². The van der Waals surface area contributed by atoms with Crippen molar-refractivity contribution in [2.24, 2.45) is 0 Å². The molecule has 0 amide bonds. The molecule has 116 valence electrons.